The summed E-state index contributed by atoms with van der Waals surface area (Å²) in [5.41, 5.74) is 0.860. The van der Waals surface area contributed by atoms with E-state index in [1.165, 1.54) is 7.11 Å². The first kappa shape index (κ1) is 11.3. The van der Waals surface area contributed by atoms with E-state index >= 15 is 0 Å². The van der Waals surface area contributed by atoms with E-state index in [4.69, 9.17) is 16.3 Å². The molecule has 1 aromatic carbocycles. The predicted octanol–water partition coefficient (Wildman–Crippen LogP) is 2.77. The molecule has 4 heteroatoms. The van der Waals surface area contributed by atoms with E-state index in [9.17, 15) is 9.90 Å². The van der Waals surface area contributed by atoms with E-state index in [1.54, 1.807) is 0 Å². The first-order valence-electron chi connectivity index (χ1n) is 5.09. The topological polar surface area (TPSA) is 46.5 Å². The Morgan fingerprint density at radius 1 is 1.50 bits per heavy atom. The van der Waals surface area contributed by atoms with E-state index in [0.717, 1.165) is 5.56 Å². The second-order valence-electron chi connectivity index (χ2n) is 4.22. The van der Waals surface area contributed by atoms with Crippen molar-refractivity contribution >= 4 is 17.6 Å². The van der Waals surface area contributed by atoms with Crippen LogP contribution in [0.15, 0.2) is 12.1 Å². The highest BCUT2D eigenvalue weighted by Gasteiger charge is 2.53. The smallest absolute Gasteiger partial charge is 0.314 e. The van der Waals surface area contributed by atoms with Crippen molar-refractivity contribution in [2.24, 2.45) is 0 Å². The summed E-state index contributed by atoms with van der Waals surface area (Å²) in [6.45, 7) is 1.90. The van der Waals surface area contributed by atoms with Crippen molar-refractivity contribution in [1.82, 2.24) is 0 Å². The van der Waals surface area contributed by atoms with Crippen LogP contribution in [-0.2, 0) is 10.2 Å². The van der Waals surface area contributed by atoms with Crippen molar-refractivity contribution in [3.8, 4) is 5.75 Å². The summed E-state index contributed by atoms with van der Waals surface area (Å²) in [6, 6.07) is 3.65. The van der Waals surface area contributed by atoms with Gasteiger partial charge in [0.15, 0.2) is 0 Å². The Hall–Kier alpha value is -1.22. The van der Waals surface area contributed by atoms with Gasteiger partial charge in [0, 0.05) is 0 Å². The average molecular weight is 241 g/mol. The monoisotopic (exact) mass is 240 g/mol. The maximum atomic E-state index is 11.2. The largest absolute Gasteiger partial charge is 0.495 e. The maximum absolute atomic E-state index is 11.2. The lowest BCUT2D eigenvalue weighted by Gasteiger charge is -2.15. The molecule has 0 aliphatic heterocycles. The number of hydrogen-bond donors (Lipinski definition) is 1. The van der Waals surface area contributed by atoms with Crippen LogP contribution in [-0.4, -0.2) is 18.2 Å². The van der Waals surface area contributed by atoms with Gasteiger partial charge >= 0.3 is 5.97 Å². The van der Waals surface area contributed by atoms with Crippen LogP contribution in [0.2, 0.25) is 5.02 Å². The average Bonchev–Trinajstić information content (AvgIpc) is 3.02. The fourth-order valence-corrected chi connectivity index (χ4v) is 2.32. The number of hydrogen-bond acceptors (Lipinski definition) is 2. The molecule has 0 spiro atoms. The summed E-state index contributed by atoms with van der Waals surface area (Å²) < 4.78 is 5.14. The van der Waals surface area contributed by atoms with E-state index in [0.29, 0.717) is 29.2 Å². The molecule has 0 unspecified atom stereocenters. The van der Waals surface area contributed by atoms with Gasteiger partial charge in [-0.05, 0) is 37.0 Å². The van der Waals surface area contributed by atoms with Gasteiger partial charge < -0.3 is 9.84 Å². The lowest BCUT2D eigenvalue weighted by atomic mass is 9.94. The third-order valence-corrected chi connectivity index (χ3v) is 3.47. The molecule has 1 saturated carbocycles. The van der Waals surface area contributed by atoms with Crippen molar-refractivity contribution in [1.29, 1.82) is 0 Å². The number of carboxylic acids is 1. The fraction of sp³-hybridized carbons (Fsp3) is 0.417. The van der Waals surface area contributed by atoms with Crippen LogP contribution < -0.4 is 4.74 Å². The quantitative estimate of drug-likeness (QED) is 0.884. The van der Waals surface area contributed by atoms with Crippen molar-refractivity contribution < 1.29 is 14.6 Å². The number of methoxy groups -OCH3 is 1. The van der Waals surface area contributed by atoms with Gasteiger partial charge in [0.25, 0.3) is 0 Å². The van der Waals surface area contributed by atoms with E-state index in [-0.39, 0.29) is 0 Å². The highest BCUT2D eigenvalue weighted by atomic mass is 35.5. The summed E-state index contributed by atoms with van der Waals surface area (Å²) >= 11 is 6.16. The van der Waals surface area contributed by atoms with Crippen molar-refractivity contribution in [3.63, 3.8) is 0 Å². The first-order chi connectivity index (χ1) is 7.51. The van der Waals surface area contributed by atoms with Gasteiger partial charge in [-0.3, -0.25) is 4.79 Å². The highest BCUT2D eigenvalue weighted by Crippen LogP contribution is 2.52. The van der Waals surface area contributed by atoms with Crippen LogP contribution in [0.4, 0.5) is 0 Å². The molecule has 0 heterocycles. The Kier molecular flexibility index (Phi) is 2.58. The molecule has 1 aliphatic rings. The fourth-order valence-electron chi connectivity index (χ4n) is 1.96. The van der Waals surface area contributed by atoms with Crippen LogP contribution in [0.1, 0.15) is 24.0 Å². The second-order valence-corrected chi connectivity index (χ2v) is 4.59. The number of halogens is 1. The van der Waals surface area contributed by atoms with Crippen LogP contribution in [0, 0.1) is 6.92 Å². The summed E-state index contributed by atoms with van der Waals surface area (Å²) in [5, 5.41) is 9.66. The lowest BCUT2D eigenvalue weighted by Crippen LogP contribution is -2.20. The Morgan fingerprint density at radius 3 is 2.56 bits per heavy atom. The Balaban J connectivity index is 2.57. The molecule has 0 atom stereocenters. The molecule has 1 aliphatic carbocycles. The maximum Gasteiger partial charge on any atom is 0.314 e. The lowest BCUT2D eigenvalue weighted by molar-refractivity contribution is -0.140. The molecule has 0 saturated heterocycles. The number of carbonyl (C=O) groups is 1. The molecule has 0 aromatic heterocycles. The zero-order valence-corrected chi connectivity index (χ0v) is 9.97. The SMILES string of the molecule is COc1cc(C)cc(C2(C(=O)O)CC2)c1Cl. The van der Waals surface area contributed by atoms with Gasteiger partial charge in [-0.2, -0.15) is 0 Å². The van der Waals surface area contributed by atoms with E-state index < -0.39 is 11.4 Å². The zero-order valence-electron chi connectivity index (χ0n) is 9.21. The van der Waals surface area contributed by atoms with Crippen LogP contribution in [0.25, 0.3) is 0 Å². The first-order valence-corrected chi connectivity index (χ1v) is 5.47. The van der Waals surface area contributed by atoms with Gasteiger partial charge in [0.2, 0.25) is 0 Å². The van der Waals surface area contributed by atoms with Crippen molar-refractivity contribution in [3.05, 3.63) is 28.3 Å². The molecule has 16 heavy (non-hydrogen) atoms. The molecule has 1 fully saturated rings. The molecule has 86 valence electrons. The van der Waals surface area contributed by atoms with Crippen molar-refractivity contribution in [2.75, 3.05) is 7.11 Å². The molecule has 0 radical (unpaired) electrons. The number of aryl methyl sites for hydroxylation is 1. The van der Waals surface area contributed by atoms with Gasteiger partial charge in [-0.1, -0.05) is 17.7 Å². The number of ether oxygens (including phenoxy) is 1. The summed E-state index contributed by atoms with van der Waals surface area (Å²) in [4.78, 5) is 11.2. The third-order valence-electron chi connectivity index (χ3n) is 3.08. The molecule has 0 bridgehead atoms. The Bertz CT molecular complexity index is 450. The minimum absolute atomic E-state index is 0.424. The third kappa shape index (κ3) is 1.55. The van der Waals surface area contributed by atoms with E-state index in [2.05, 4.69) is 0 Å². The normalized spacial score (nSPS) is 16.9. The van der Waals surface area contributed by atoms with Gasteiger partial charge in [0.05, 0.1) is 17.5 Å². The number of benzene rings is 1. The second kappa shape index (κ2) is 3.67. The van der Waals surface area contributed by atoms with E-state index in [1.807, 2.05) is 19.1 Å². The minimum atomic E-state index is -0.804. The summed E-state index contributed by atoms with van der Waals surface area (Å²) in [6.07, 6.45) is 1.29. The molecule has 1 N–H and O–H groups in total. The minimum Gasteiger partial charge on any atom is -0.495 e. The molecule has 0 amide bonds. The van der Waals surface area contributed by atoms with Crippen LogP contribution in [0.5, 0.6) is 5.75 Å². The number of aliphatic carboxylic acids is 1. The van der Waals surface area contributed by atoms with Crippen molar-refractivity contribution in [2.45, 2.75) is 25.2 Å². The number of carboxylic acid groups (broad SMARTS) is 1. The van der Waals surface area contributed by atoms with Gasteiger partial charge in [-0.25, -0.2) is 0 Å². The summed E-state index contributed by atoms with van der Waals surface area (Å²) in [7, 11) is 1.53. The molecule has 1 aromatic rings. The Labute approximate surface area is 99.0 Å². The molecule has 3 nitrogen and oxygen atoms in total. The Morgan fingerprint density at radius 2 is 2.12 bits per heavy atom. The standard InChI is InChI=1S/C12H13ClO3/c1-7-5-8(10(13)9(6-7)16-2)12(3-4-12)11(14)15/h5-6H,3-4H2,1-2H3,(H,14,15). The zero-order chi connectivity index (χ0) is 11.9. The van der Waals surface area contributed by atoms with Crippen LogP contribution >= 0.6 is 11.6 Å². The molecule has 2 rings (SSSR count). The highest BCUT2D eigenvalue weighted by molar-refractivity contribution is 6.33. The summed E-state index contributed by atoms with van der Waals surface area (Å²) in [5.74, 6) is -0.258. The van der Waals surface area contributed by atoms with Gasteiger partial charge in [0.1, 0.15) is 5.75 Å². The molecular formula is C12H13ClO3. The number of rotatable bonds is 3. The molecular weight excluding hydrogens is 228 g/mol. The predicted molar refractivity (Wildman–Crippen MR) is 61.3 cm³/mol. The van der Waals surface area contributed by atoms with Gasteiger partial charge in [-0.15, -0.1) is 0 Å². The van der Waals surface area contributed by atoms with Crippen LogP contribution in [0.3, 0.4) is 0 Å².